The van der Waals surface area contributed by atoms with Gasteiger partial charge in [-0.1, -0.05) is 11.8 Å². The summed E-state index contributed by atoms with van der Waals surface area (Å²) < 4.78 is 15.3. The molecule has 0 aliphatic carbocycles. The van der Waals surface area contributed by atoms with Crippen molar-refractivity contribution < 1.29 is 14.3 Å². The van der Waals surface area contributed by atoms with E-state index in [0.717, 1.165) is 17.8 Å². The minimum atomic E-state index is -1.09. The van der Waals surface area contributed by atoms with E-state index in [4.69, 9.17) is 5.11 Å². The molecule has 20 heavy (non-hydrogen) atoms. The predicted molar refractivity (Wildman–Crippen MR) is 70.5 cm³/mol. The molecule has 100 valence electrons. The number of aromatic nitrogens is 3. The average molecular weight is 289 g/mol. The highest BCUT2D eigenvalue weighted by atomic mass is 32.2. The lowest BCUT2D eigenvalue weighted by Crippen LogP contribution is -1.97. The van der Waals surface area contributed by atoms with Crippen LogP contribution in [0.5, 0.6) is 0 Å². The molecule has 0 amide bonds. The van der Waals surface area contributed by atoms with Gasteiger partial charge in [-0.05, 0) is 24.3 Å². The minimum absolute atomic E-state index is 0.0410. The third-order valence-electron chi connectivity index (χ3n) is 2.63. The Morgan fingerprint density at radius 3 is 2.95 bits per heavy atom. The smallest absolute Gasteiger partial charge is 0.335 e. The first-order valence-electron chi connectivity index (χ1n) is 5.64. The van der Waals surface area contributed by atoms with Gasteiger partial charge in [-0.15, -0.1) is 0 Å². The molecule has 5 nitrogen and oxygen atoms in total. The molecule has 3 rings (SSSR count). The van der Waals surface area contributed by atoms with Gasteiger partial charge in [0, 0.05) is 12.3 Å². The van der Waals surface area contributed by atoms with Crippen molar-refractivity contribution in [3.63, 3.8) is 0 Å². The van der Waals surface area contributed by atoms with Gasteiger partial charge in [-0.25, -0.2) is 18.7 Å². The van der Waals surface area contributed by atoms with Crippen molar-refractivity contribution in [1.29, 1.82) is 0 Å². The summed E-state index contributed by atoms with van der Waals surface area (Å²) in [6.07, 6.45) is 3.33. The first kappa shape index (κ1) is 12.6. The fourth-order valence-electron chi connectivity index (χ4n) is 1.68. The van der Waals surface area contributed by atoms with Gasteiger partial charge in [0.25, 0.3) is 0 Å². The van der Waals surface area contributed by atoms with Gasteiger partial charge in [-0.3, -0.25) is 0 Å². The summed E-state index contributed by atoms with van der Waals surface area (Å²) in [4.78, 5) is 15.4. The maximum absolute atomic E-state index is 13.7. The Hall–Kier alpha value is -2.41. The molecule has 0 fully saturated rings. The number of carboxylic acids is 1. The van der Waals surface area contributed by atoms with Crippen molar-refractivity contribution in [2.45, 2.75) is 9.92 Å². The summed E-state index contributed by atoms with van der Waals surface area (Å²) in [5, 5.41) is 13.5. The molecular formula is C13H8FN3O2S. The van der Waals surface area contributed by atoms with Crippen molar-refractivity contribution >= 4 is 23.4 Å². The van der Waals surface area contributed by atoms with Gasteiger partial charge in [0.2, 0.25) is 0 Å². The third kappa shape index (κ3) is 2.35. The second-order valence-corrected chi connectivity index (χ2v) is 5.01. The van der Waals surface area contributed by atoms with Crippen molar-refractivity contribution in [1.82, 2.24) is 14.6 Å². The van der Waals surface area contributed by atoms with Gasteiger partial charge >= 0.3 is 5.97 Å². The van der Waals surface area contributed by atoms with E-state index < -0.39 is 11.8 Å². The molecule has 0 saturated heterocycles. The zero-order valence-corrected chi connectivity index (χ0v) is 10.8. The number of benzene rings is 1. The fraction of sp³-hybridized carbons (Fsp3) is 0. The second kappa shape index (κ2) is 4.93. The first-order chi connectivity index (χ1) is 9.63. The highest BCUT2D eigenvalue weighted by Gasteiger charge is 2.10. The predicted octanol–water partition coefficient (Wildman–Crippen LogP) is 2.72. The number of halogens is 1. The largest absolute Gasteiger partial charge is 0.478 e. The number of fused-ring (bicyclic) bond motifs is 1. The number of hydrogen-bond acceptors (Lipinski definition) is 4. The monoisotopic (exact) mass is 289 g/mol. The number of carbonyl (C=O) groups is 1. The van der Waals surface area contributed by atoms with E-state index in [0.29, 0.717) is 10.7 Å². The molecule has 0 spiro atoms. The van der Waals surface area contributed by atoms with Crippen LogP contribution in [0.15, 0.2) is 52.6 Å². The summed E-state index contributed by atoms with van der Waals surface area (Å²) in [5.74, 6) is -1.57. The molecule has 0 aliphatic rings. The normalized spacial score (nSPS) is 10.8. The van der Waals surface area contributed by atoms with Crippen molar-refractivity contribution in [3.8, 4) is 0 Å². The van der Waals surface area contributed by atoms with Crippen LogP contribution in [0.4, 0.5) is 4.39 Å². The number of carboxylic acid groups (broad SMARTS) is 1. The Labute approximate surface area is 117 Å². The molecule has 0 atom stereocenters. The van der Waals surface area contributed by atoms with E-state index in [2.05, 4.69) is 10.1 Å². The quantitative estimate of drug-likeness (QED) is 0.751. The van der Waals surface area contributed by atoms with E-state index >= 15 is 0 Å². The summed E-state index contributed by atoms with van der Waals surface area (Å²) in [5.41, 5.74) is 0.684. The lowest BCUT2D eigenvalue weighted by molar-refractivity contribution is 0.0696. The lowest BCUT2D eigenvalue weighted by Gasteiger charge is -2.04. The maximum Gasteiger partial charge on any atom is 0.335 e. The van der Waals surface area contributed by atoms with E-state index in [9.17, 15) is 9.18 Å². The van der Waals surface area contributed by atoms with Gasteiger partial charge in [-0.2, -0.15) is 5.10 Å². The average Bonchev–Trinajstić information content (AvgIpc) is 2.88. The van der Waals surface area contributed by atoms with Crippen molar-refractivity contribution in [3.05, 3.63) is 54.1 Å². The standard InChI is InChI=1S/C13H8FN3O2S/c14-9-2-1-8(13(18)19)7-10(9)20-12-4-6-17-11(16-12)3-5-15-17/h1-7H,(H,18,19). The van der Waals surface area contributed by atoms with Crippen molar-refractivity contribution in [2.24, 2.45) is 0 Å². The van der Waals surface area contributed by atoms with Gasteiger partial charge in [0.15, 0.2) is 5.65 Å². The topological polar surface area (TPSA) is 67.5 Å². The second-order valence-electron chi connectivity index (χ2n) is 3.95. The summed E-state index contributed by atoms with van der Waals surface area (Å²) in [7, 11) is 0. The van der Waals surface area contributed by atoms with E-state index in [-0.39, 0.29) is 10.5 Å². The van der Waals surface area contributed by atoms with Crippen LogP contribution in [-0.4, -0.2) is 25.7 Å². The van der Waals surface area contributed by atoms with Crippen LogP contribution in [0.3, 0.4) is 0 Å². The third-order valence-corrected chi connectivity index (χ3v) is 3.59. The van der Waals surface area contributed by atoms with Crippen LogP contribution in [0.1, 0.15) is 10.4 Å². The SMILES string of the molecule is O=C(O)c1ccc(F)c(Sc2ccn3nccc3n2)c1. The highest BCUT2D eigenvalue weighted by Crippen LogP contribution is 2.29. The molecule has 1 aromatic carbocycles. The van der Waals surface area contributed by atoms with Crippen molar-refractivity contribution in [2.75, 3.05) is 0 Å². The summed E-state index contributed by atoms with van der Waals surface area (Å²) >= 11 is 1.07. The van der Waals surface area contributed by atoms with Gasteiger partial charge < -0.3 is 5.11 Å². The van der Waals surface area contributed by atoms with Crippen LogP contribution in [-0.2, 0) is 0 Å². The zero-order valence-electron chi connectivity index (χ0n) is 10.0. The van der Waals surface area contributed by atoms with Crippen LogP contribution < -0.4 is 0 Å². The van der Waals surface area contributed by atoms with Crippen LogP contribution in [0.2, 0.25) is 0 Å². The van der Waals surface area contributed by atoms with E-state index in [1.54, 1.807) is 29.0 Å². The summed E-state index contributed by atoms with van der Waals surface area (Å²) in [6, 6.07) is 7.09. The lowest BCUT2D eigenvalue weighted by atomic mass is 10.2. The Bertz CT molecular complexity index is 803. The van der Waals surface area contributed by atoms with Crippen LogP contribution in [0, 0.1) is 5.82 Å². The molecule has 0 unspecified atom stereocenters. The Morgan fingerprint density at radius 2 is 2.15 bits per heavy atom. The minimum Gasteiger partial charge on any atom is -0.478 e. The molecule has 0 bridgehead atoms. The zero-order chi connectivity index (χ0) is 14.1. The molecule has 0 saturated carbocycles. The molecule has 0 aliphatic heterocycles. The van der Waals surface area contributed by atoms with E-state index in [1.165, 1.54) is 12.1 Å². The Balaban J connectivity index is 1.97. The first-order valence-corrected chi connectivity index (χ1v) is 6.46. The van der Waals surface area contributed by atoms with Gasteiger partial charge in [0.1, 0.15) is 10.8 Å². The molecule has 1 N–H and O–H groups in total. The number of rotatable bonds is 3. The van der Waals surface area contributed by atoms with Crippen LogP contribution >= 0.6 is 11.8 Å². The number of hydrogen-bond donors (Lipinski definition) is 1. The maximum atomic E-state index is 13.7. The Morgan fingerprint density at radius 1 is 1.30 bits per heavy atom. The fourth-order valence-corrected chi connectivity index (χ4v) is 2.52. The highest BCUT2D eigenvalue weighted by molar-refractivity contribution is 7.99. The van der Waals surface area contributed by atoms with Gasteiger partial charge in [0.05, 0.1) is 16.7 Å². The molecule has 2 heterocycles. The number of nitrogens with zero attached hydrogens (tertiary/aromatic N) is 3. The Kier molecular flexibility index (Phi) is 3.11. The molecule has 3 aromatic rings. The molecular weight excluding hydrogens is 281 g/mol. The van der Waals surface area contributed by atoms with Crippen LogP contribution in [0.25, 0.3) is 5.65 Å². The molecule has 0 radical (unpaired) electrons. The molecule has 2 aromatic heterocycles. The molecule has 7 heteroatoms. The van der Waals surface area contributed by atoms with E-state index in [1.807, 2.05) is 0 Å². The number of aromatic carboxylic acids is 1. The summed E-state index contributed by atoms with van der Waals surface area (Å²) in [6.45, 7) is 0.